The average Bonchev–Trinajstić information content (AvgIpc) is 3.38. The molecule has 1 amide bonds. The van der Waals surface area contributed by atoms with Crippen LogP contribution in [0.2, 0.25) is 0 Å². The molecule has 1 aliphatic carbocycles. The number of carbonyl (C=O) groups is 2. The Hall–Kier alpha value is -2.38. The number of anilines is 1. The van der Waals surface area contributed by atoms with Gasteiger partial charge >= 0.3 is 5.97 Å². The number of ether oxygens (including phenoxy) is 2. The van der Waals surface area contributed by atoms with E-state index in [1.165, 1.54) is 24.2 Å². The predicted octanol–water partition coefficient (Wildman–Crippen LogP) is 4.41. The molecule has 3 rings (SSSR count). The first-order valence-corrected chi connectivity index (χ1v) is 10.8. The van der Waals surface area contributed by atoms with Crippen molar-refractivity contribution in [2.75, 3.05) is 32.6 Å². The summed E-state index contributed by atoms with van der Waals surface area (Å²) < 4.78 is 10.5. The second-order valence-corrected chi connectivity index (χ2v) is 8.08. The number of hydrogen-bond donors (Lipinski definition) is 1. The smallest absolute Gasteiger partial charge is 0.341 e. The van der Waals surface area contributed by atoms with Gasteiger partial charge in [-0.1, -0.05) is 25.0 Å². The normalized spacial score (nSPS) is 14.2. The van der Waals surface area contributed by atoms with E-state index in [1.54, 1.807) is 14.0 Å². The molecule has 1 aliphatic rings. The van der Waals surface area contributed by atoms with E-state index in [-0.39, 0.29) is 12.5 Å². The predicted molar refractivity (Wildman–Crippen MR) is 116 cm³/mol. The molecule has 0 radical (unpaired) electrons. The van der Waals surface area contributed by atoms with E-state index in [9.17, 15) is 9.59 Å². The SMILES string of the molecule is CCOC(=O)c1c(-c2ccc(OC)cc2)csc1NC(=O)CN(C)C1CCCC1. The van der Waals surface area contributed by atoms with Gasteiger partial charge in [0.2, 0.25) is 5.91 Å². The molecule has 1 saturated carbocycles. The summed E-state index contributed by atoms with van der Waals surface area (Å²) >= 11 is 1.34. The van der Waals surface area contributed by atoms with Crippen molar-refractivity contribution in [2.24, 2.45) is 0 Å². The number of benzene rings is 1. The third-order valence-electron chi connectivity index (χ3n) is 5.27. The highest BCUT2D eigenvalue weighted by Crippen LogP contribution is 2.37. The van der Waals surface area contributed by atoms with Gasteiger partial charge in [-0.05, 0) is 44.5 Å². The van der Waals surface area contributed by atoms with Gasteiger partial charge in [0, 0.05) is 17.0 Å². The van der Waals surface area contributed by atoms with Gasteiger partial charge in [-0.2, -0.15) is 0 Å². The van der Waals surface area contributed by atoms with Crippen LogP contribution in [0.5, 0.6) is 5.75 Å². The number of carbonyl (C=O) groups excluding carboxylic acids is 2. The molecule has 0 spiro atoms. The second kappa shape index (κ2) is 9.89. The standard InChI is InChI=1S/C22H28N2O4S/c1-4-28-22(26)20-18(15-9-11-17(27-3)12-10-15)14-29-21(20)23-19(25)13-24(2)16-7-5-6-8-16/h9-12,14,16H,4-8,13H2,1-3H3,(H,23,25). The summed E-state index contributed by atoms with van der Waals surface area (Å²) in [5.74, 6) is 0.192. The van der Waals surface area contributed by atoms with Crippen molar-refractivity contribution in [3.05, 3.63) is 35.2 Å². The van der Waals surface area contributed by atoms with E-state index in [0.717, 1.165) is 29.7 Å². The van der Waals surface area contributed by atoms with Crippen LogP contribution in [0.15, 0.2) is 29.6 Å². The van der Waals surface area contributed by atoms with Crippen molar-refractivity contribution in [1.82, 2.24) is 4.90 Å². The molecule has 0 aliphatic heterocycles. The first kappa shape index (κ1) is 21.3. The van der Waals surface area contributed by atoms with Crippen molar-refractivity contribution < 1.29 is 19.1 Å². The molecule has 0 bridgehead atoms. The molecule has 1 fully saturated rings. The van der Waals surface area contributed by atoms with Crippen LogP contribution in [0.3, 0.4) is 0 Å². The van der Waals surface area contributed by atoms with Gasteiger partial charge in [-0.25, -0.2) is 4.79 Å². The fourth-order valence-electron chi connectivity index (χ4n) is 3.71. The minimum absolute atomic E-state index is 0.118. The highest BCUT2D eigenvalue weighted by Gasteiger charge is 2.25. The third-order valence-corrected chi connectivity index (χ3v) is 6.16. The highest BCUT2D eigenvalue weighted by atomic mass is 32.1. The van der Waals surface area contributed by atoms with Gasteiger partial charge < -0.3 is 14.8 Å². The summed E-state index contributed by atoms with van der Waals surface area (Å²) in [5, 5.41) is 5.34. The van der Waals surface area contributed by atoms with Gasteiger partial charge in [0.15, 0.2) is 0 Å². The van der Waals surface area contributed by atoms with Gasteiger partial charge in [0.25, 0.3) is 0 Å². The molecule has 29 heavy (non-hydrogen) atoms. The summed E-state index contributed by atoms with van der Waals surface area (Å²) in [6, 6.07) is 7.93. The molecular formula is C22H28N2O4S. The Labute approximate surface area is 175 Å². The van der Waals surface area contributed by atoms with Crippen molar-refractivity contribution >= 4 is 28.2 Å². The lowest BCUT2D eigenvalue weighted by atomic mass is 10.0. The van der Waals surface area contributed by atoms with Crippen LogP contribution in [0.1, 0.15) is 43.0 Å². The Morgan fingerprint density at radius 2 is 1.90 bits per heavy atom. The first-order chi connectivity index (χ1) is 14.0. The lowest BCUT2D eigenvalue weighted by Crippen LogP contribution is -2.36. The number of nitrogens with one attached hydrogen (secondary N) is 1. The van der Waals surface area contributed by atoms with Crippen LogP contribution < -0.4 is 10.1 Å². The number of nitrogens with zero attached hydrogens (tertiary/aromatic N) is 1. The molecule has 0 saturated heterocycles. The minimum atomic E-state index is -0.431. The molecule has 2 aromatic rings. The monoisotopic (exact) mass is 416 g/mol. The molecule has 0 atom stereocenters. The van der Waals surface area contributed by atoms with E-state index in [0.29, 0.717) is 23.2 Å². The van der Waals surface area contributed by atoms with Crippen LogP contribution in [-0.2, 0) is 9.53 Å². The van der Waals surface area contributed by atoms with Gasteiger partial charge in [-0.15, -0.1) is 11.3 Å². The van der Waals surface area contributed by atoms with Crippen LogP contribution in [0, 0.1) is 0 Å². The Kier molecular flexibility index (Phi) is 7.28. The Morgan fingerprint density at radius 1 is 1.21 bits per heavy atom. The van der Waals surface area contributed by atoms with E-state index in [2.05, 4.69) is 10.2 Å². The van der Waals surface area contributed by atoms with E-state index >= 15 is 0 Å². The summed E-state index contributed by atoms with van der Waals surface area (Å²) in [6.45, 7) is 2.35. The van der Waals surface area contributed by atoms with Crippen LogP contribution in [0.4, 0.5) is 5.00 Å². The summed E-state index contributed by atoms with van der Waals surface area (Å²) in [5.41, 5.74) is 2.02. The molecule has 156 valence electrons. The maximum atomic E-state index is 12.7. The average molecular weight is 417 g/mol. The molecule has 0 unspecified atom stereocenters. The molecule has 7 heteroatoms. The lowest BCUT2D eigenvalue weighted by molar-refractivity contribution is -0.117. The number of rotatable bonds is 8. The minimum Gasteiger partial charge on any atom is -0.497 e. The topological polar surface area (TPSA) is 67.9 Å². The second-order valence-electron chi connectivity index (χ2n) is 7.20. The third kappa shape index (κ3) is 5.16. The van der Waals surface area contributed by atoms with Gasteiger partial charge in [0.1, 0.15) is 16.3 Å². The van der Waals surface area contributed by atoms with Gasteiger partial charge in [0.05, 0.1) is 20.3 Å². The number of hydrogen-bond acceptors (Lipinski definition) is 6. The molecule has 1 heterocycles. The molecule has 1 N–H and O–H groups in total. The van der Waals surface area contributed by atoms with Crippen molar-refractivity contribution in [1.29, 1.82) is 0 Å². The van der Waals surface area contributed by atoms with Crippen LogP contribution in [-0.4, -0.2) is 50.1 Å². The zero-order chi connectivity index (χ0) is 20.8. The zero-order valence-electron chi connectivity index (χ0n) is 17.2. The van der Waals surface area contributed by atoms with E-state index < -0.39 is 5.97 Å². The number of amides is 1. The maximum Gasteiger partial charge on any atom is 0.341 e. The number of esters is 1. The molecular weight excluding hydrogens is 388 g/mol. The number of methoxy groups -OCH3 is 1. The number of likely N-dealkylation sites (N-methyl/N-ethyl adjacent to an activating group) is 1. The first-order valence-electron chi connectivity index (χ1n) is 9.96. The zero-order valence-corrected chi connectivity index (χ0v) is 18.0. The van der Waals surface area contributed by atoms with E-state index in [1.807, 2.05) is 36.7 Å². The summed E-state index contributed by atoms with van der Waals surface area (Å²) in [7, 11) is 3.60. The number of thiophene rings is 1. The lowest BCUT2D eigenvalue weighted by Gasteiger charge is -2.23. The summed E-state index contributed by atoms with van der Waals surface area (Å²) in [6.07, 6.45) is 4.72. The summed E-state index contributed by atoms with van der Waals surface area (Å²) in [4.78, 5) is 27.4. The molecule has 1 aromatic heterocycles. The molecule has 6 nitrogen and oxygen atoms in total. The largest absolute Gasteiger partial charge is 0.497 e. The Morgan fingerprint density at radius 3 is 2.52 bits per heavy atom. The molecule has 1 aromatic carbocycles. The van der Waals surface area contributed by atoms with Crippen LogP contribution in [0.25, 0.3) is 11.1 Å². The van der Waals surface area contributed by atoms with Gasteiger partial charge in [-0.3, -0.25) is 9.69 Å². The Bertz CT molecular complexity index is 841. The van der Waals surface area contributed by atoms with Crippen molar-refractivity contribution in [3.8, 4) is 16.9 Å². The van der Waals surface area contributed by atoms with Crippen molar-refractivity contribution in [2.45, 2.75) is 38.6 Å². The fraction of sp³-hybridized carbons (Fsp3) is 0.455. The quantitative estimate of drug-likeness (QED) is 0.646. The van der Waals surface area contributed by atoms with Crippen LogP contribution >= 0.6 is 11.3 Å². The maximum absolute atomic E-state index is 12.7. The Balaban J connectivity index is 1.80. The van der Waals surface area contributed by atoms with E-state index in [4.69, 9.17) is 9.47 Å². The fourth-order valence-corrected chi connectivity index (χ4v) is 4.68. The highest BCUT2D eigenvalue weighted by molar-refractivity contribution is 7.15. The van der Waals surface area contributed by atoms with Crippen molar-refractivity contribution in [3.63, 3.8) is 0 Å².